The first-order valence-corrected chi connectivity index (χ1v) is 7.64. The number of hydrogen-bond donors (Lipinski definition) is 1. The molecule has 2 rings (SSSR count). The van der Waals surface area contributed by atoms with Crippen molar-refractivity contribution in [1.29, 1.82) is 0 Å². The van der Waals surface area contributed by atoms with E-state index in [1.165, 1.54) is 31.4 Å². The number of carbonyl (C=O) groups is 3. The number of nitrogens with zero attached hydrogens (tertiary/aromatic N) is 1. The number of anilines is 1. The average molecular weight is 383 g/mol. The first-order chi connectivity index (χ1) is 11.9. The summed E-state index contributed by atoms with van der Waals surface area (Å²) >= 11 is 11.5. The van der Waals surface area contributed by atoms with Crippen LogP contribution in [-0.2, 0) is 14.3 Å². The van der Waals surface area contributed by atoms with Crippen LogP contribution in [0.4, 0.5) is 5.69 Å². The summed E-state index contributed by atoms with van der Waals surface area (Å²) in [5.41, 5.74) is 0.204. The topological polar surface area (TPSA) is 94.6 Å². The van der Waals surface area contributed by atoms with Crippen molar-refractivity contribution in [2.45, 2.75) is 0 Å². The number of ether oxygens (including phenoxy) is 2. The van der Waals surface area contributed by atoms with Crippen LogP contribution in [-0.4, -0.2) is 36.5 Å². The molecule has 0 aliphatic carbocycles. The van der Waals surface area contributed by atoms with Crippen molar-refractivity contribution in [2.75, 3.05) is 19.0 Å². The molecule has 0 spiro atoms. The van der Waals surface area contributed by atoms with Gasteiger partial charge in [0.15, 0.2) is 12.3 Å². The van der Waals surface area contributed by atoms with Gasteiger partial charge in [-0.2, -0.15) is 0 Å². The molecule has 1 amide bonds. The number of esters is 2. The molecule has 1 aromatic heterocycles. The molecule has 0 unspecified atom stereocenters. The number of halogens is 2. The number of hydrogen-bond acceptors (Lipinski definition) is 6. The molecule has 2 aromatic rings. The molecule has 0 aliphatic heterocycles. The van der Waals surface area contributed by atoms with Crippen molar-refractivity contribution < 1.29 is 23.9 Å². The minimum absolute atomic E-state index is 0.0471. The van der Waals surface area contributed by atoms with Gasteiger partial charge < -0.3 is 14.8 Å². The number of nitrogens with one attached hydrogen (secondary N) is 1. The van der Waals surface area contributed by atoms with Crippen molar-refractivity contribution in [3.05, 3.63) is 57.8 Å². The largest absolute Gasteiger partial charge is 0.465 e. The Morgan fingerprint density at radius 2 is 1.80 bits per heavy atom. The summed E-state index contributed by atoms with van der Waals surface area (Å²) in [5, 5.41) is 2.57. The second-order valence-corrected chi connectivity index (χ2v) is 5.42. The molecule has 0 fully saturated rings. The normalized spacial score (nSPS) is 10.0. The van der Waals surface area contributed by atoms with Crippen LogP contribution in [0, 0.1) is 0 Å². The van der Waals surface area contributed by atoms with Gasteiger partial charge in [-0.3, -0.25) is 4.79 Å². The molecule has 0 saturated carbocycles. The third-order valence-electron chi connectivity index (χ3n) is 2.95. The highest BCUT2D eigenvalue weighted by Gasteiger charge is 2.17. The summed E-state index contributed by atoms with van der Waals surface area (Å²) in [6, 6.07) is 9.06. The second kappa shape index (κ2) is 8.46. The molecule has 7 nitrogen and oxygen atoms in total. The molecule has 1 N–H and O–H groups in total. The first kappa shape index (κ1) is 18.7. The Kier molecular flexibility index (Phi) is 6.32. The van der Waals surface area contributed by atoms with Gasteiger partial charge in [-0.25, -0.2) is 14.6 Å². The maximum Gasteiger partial charge on any atom is 0.359 e. The van der Waals surface area contributed by atoms with Gasteiger partial charge >= 0.3 is 11.9 Å². The lowest BCUT2D eigenvalue weighted by Gasteiger charge is -2.10. The number of para-hydroxylation sites is 1. The van der Waals surface area contributed by atoms with Crippen LogP contribution >= 0.6 is 23.2 Å². The Bertz CT molecular complexity index is 826. The minimum atomic E-state index is -0.899. The van der Waals surface area contributed by atoms with E-state index in [0.29, 0.717) is 0 Å². The van der Waals surface area contributed by atoms with Crippen LogP contribution in [0.2, 0.25) is 10.2 Å². The van der Waals surface area contributed by atoms with Crippen LogP contribution in [0.15, 0.2) is 36.4 Å². The van der Waals surface area contributed by atoms with Gasteiger partial charge in [0.05, 0.1) is 23.4 Å². The van der Waals surface area contributed by atoms with Crippen LogP contribution in [0.3, 0.4) is 0 Å². The monoisotopic (exact) mass is 382 g/mol. The maximum atomic E-state index is 11.9. The van der Waals surface area contributed by atoms with Gasteiger partial charge in [-0.05, 0) is 24.3 Å². The summed E-state index contributed by atoms with van der Waals surface area (Å²) in [7, 11) is 1.23. The van der Waals surface area contributed by atoms with E-state index in [-0.39, 0.29) is 27.1 Å². The van der Waals surface area contributed by atoms with Crippen LogP contribution < -0.4 is 5.32 Å². The molecule has 0 saturated heterocycles. The number of pyridine rings is 1. The minimum Gasteiger partial charge on any atom is -0.465 e. The molecule has 130 valence electrons. The Balaban J connectivity index is 2.01. The summed E-state index contributed by atoms with van der Waals surface area (Å²) in [6.07, 6.45) is 0. The molecule has 25 heavy (non-hydrogen) atoms. The Hall–Kier alpha value is -2.64. The Morgan fingerprint density at radius 3 is 2.52 bits per heavy atom. The molecular weight excluding hydrogens is 371 g/mol. The quantitative estimate of drug-likeness (QED) is 0.630. The van der Waals surface area contributed by atoms with Crippen molar-refractivity contribution in [1.82, 2.24) is 4.98 Å². The zero-order valence-electron chi connectivity index (χ0n) is 12.9. The van der Waals surface area contributed by atoms with E-state index in [9.17, 15) is 14.4 Å². The Labute approximate surface area is 152 Å². The average Bonchev–Trinajstić information content (AvgIpc) is 2.61. The lowest BCUT2D eigenvalue weighted by Crippen LogP contribution is -2.22. The predicted molar refractivity (Wildman–Crippen MR) is 91.0 cm³/mol. The van der Waals surface area contributed by atoms with Crippen molar-refractivity contribution in [3.8, 4) is 0 Å². The summed E-state index contributed by atoms with van der Waals surface area (Å²) in [6.45, 7) is -0.598. The van der Waals surface area contributed by atoms with E-state index in [4.69, 9.17) is 27.9 Å². The van der Waals surface area contributed by atoms with Gasteiger partial charge in [0.25, 0.3) is 5.91 Å². The number of rotatable bonds is 5. The van der Waals surface area contributed by atoms with E-state index >= 15 is 0 Å². The van der Waals surface area contributed by atoms with E-state index in [1.807, 2.05) is 0 Å². The zero-order chi connectivity index (χ0) is 18.4. The second-order valence-electron chi connectivity index (χ2n) is 4.63. The highest BCUT2D eigenvalue weighted by atomic mass is 35.5. The van der Waals surface area contributed by atoms with Gasteiger partial charge in [-0.1, -0.05) is 35.3 Å². The number of aromatic nitrogens is 1. The number of methoxy groups -OCH3 is 1. The van der Waals surface area contributed by atoms with Crippen molar-refractivity contribution in [2.24, 2.45) is 0 Å². The molecule has 1 aromatic carbocycles. The summed E-state index contributed by atoms with van der Waals surface area (Å²) in [5.74, 6) is -2.16. The van der Waals surface area contributed by atoms with E-state index in [0.717, 1.165) is 0 Å². The smallest absolute Gasteiger partial charge is 0.359 e. The third-order valence-corrected chi connectivity index (χ3v) is 3.46. The third kappa shape index (κ3) is 4.91. The molecule has 0 radical (unpaired) electrons. The molecule has 0 bridgehead atoms. The van der Waals surface area contributed by atoms with Gasteiger partial charge in [0, 0.05) is 0 Å². The van der Waals surface area contributed by atoms with Crippen LogP contribution in [0.25, 0.3) is 0 Å². The molecule has 0 aliphatic rings. The van der Waals surface area contributed by atoms with Crippen LogP contribution in [0.5, 0.6) is 0 Å². The lowest BCUT2D eigenvalue weighted by molar-refractivity contribution is -0.119. The number of carbonyl (C=O) groups excluding carboxylic acids is 3. The Morgan fingerprint density at radius 1 is 1.08 bits per heavy atom. The zero-order valence-corrected chi connectivity index (χ0v) is 14.4. The van der Waals surface area contributed by atoms with Gasteiger partial charge in [0.2, 0.25) is 0 Å². The predicted octanol–water partition coefficient (Wildman–Crippen LogP) is 2.97. The van der Waals surface area contributed by atoms with E-state index in [2.05, 4.69) is 15.0 Å². The molecular formula is C16H12Cl2N2O5. The van der Waals surface area contributed by atoms with Crippen molar-refractivity contribution >= 4 is 46.7 Å². The maximum absolute atomic E-state index is 11.9. The van der Waals surface area contributed by atoms with E-state index in [1.54, 1.807) is 12.1 Å². The highest BCUT2D eigenvalue weighted by molar-refractivity contribution is 6.34. The molecule has 9 heteroatoms. The highest BCUT2D eigenvalue weighted by Crippen LogP contribution is 2.18. The van der Waals surface area contributed by atoms with Crippen molar-refractivity contribution in [3.63, 3.8) is 0 Å². The standard InChI is InChI=1S/C16H12Cl2N2O5/c1-24-15(22)9-4-2-3-5-11(9)19-13(21)8-25-16(23)14-10(17)6-7-12(18)20-14/h2-7H,8H2,1H3,(H,19,21). The summed E-state index contributed by atoms with van der Waals surface area (Å²) < 4.78 is 9.48. The fourth-order valence-corrected chi connectivity index (χ4v) is 2.16. The number of benzene rings is 1. The number of amides is 1. The van der Waals surface area contributed by atoms with Gasteiger partial charge in [0.1, 0.15) is 5.15 Å². The lowest BCUT2D eigenvalue weighted by atomic mass is 10.2. The fraction of sp³-hybridized carbons (Fsp3) is 0.125. The SMILES string of the molecule is COC(=O)c1ccccc1NC(=O)COC(=O)c1nc(Cl)ccc1Cl. The van der Waals surface area contributed by atoms with E-state index < -0.39 is 24.5 Å². The van der Waals surface area contributed by atoms with Gasteiger partial charge in [-0.15, -0.1) is 0 Å². The molecule has 1 heterocycles. The summed E-state index contributed by atoms with van der Waals surface area (Å²) in [4.78, 5) is 39.2. The first-order valence-electron chi connectivity index (χ1n) is 6.88. The molecule has 0 atom stereocenters. The van der Waals surface area contributed by atoms with Crippen LogP contribution in [0.1, 0.15) is 20.8 Å². The fourth-order valence-electron chi connectivity index (χ4n) is 1.83.